The Morgan fingerprint density at radius 3 is 2.26 bits per heavy atom. The molecule has 0 spiro atoms. The molecule has 1 aromatic carbocycles. The van der Waals surface area contributed by atoms with Gasteiger partial charge in [0, 0.05) is 30.2 Å². The molecule has 120 valence electrons. The van der Waals surface area contributed by atoms with Gasteiger partial charge >= 0.3 is 0 Å². The quantitative estimate of drug-likeness (QED) is 0.739. The molecule has 1 amide bonds. The first kappa shape index (κ1) is 16.7. The molecule has 0 N–H and O–H groups in total. The van der Waals surface area contributed by atoms with Crippen molar-refractivity contribution < 1.29 is 9.18 Å². The maximum absolute atomic E-state index is 13.1. The normalized spacial score (nSPS) is 10.4. The van der Waals surface area contributed by atoms with Crippen molar-refractivity contribution in [2.75, 3.05) is 13.1 Å². The highest BCUT2D eigenvalue weighted by atomic mass is 19.1. The fourth-order valence-electron chi connectivity index (χ4n) is 2.69. The van der Waals surface area contributed by atoms with Crippen LogP contribution in [-0.4, -0.2) is 28.5 Å². The molecule has 0 radical (unpaired) electrons. The highest BCUT2D eigenvalue weighted by molar-refractivity contribution is 5.96. The predicted molar refractivity (Wildman–Crippen MR) is 91.5 cm³/mol. The van der Waals surface area contributed by atoms with Gasteiger partial charge in [-0.05, 0) is 44.2 Å². The monoisotopic (exact) mass is 312 g/mol. The summed E-state index contributed by atoms with van der Waals surface area (Å²) in [5.41, 5.74) is 3.22. The van der Waals surface area contributed by atoms with E-state index in [1.54, 1.807) is 29.2 Å². The van der Waals surface area contributed by atoms with E-state index in [4.69, 9.17) is 0 Å². The third kappa shape index (κ3) is 3.42. The zero-order chi connectivity index (χ0) is 17.0. The number of nitrogens with zero attached hydrogens (tertiary/aromatic N) is 2. The minimum atomic E-state index is -0.282. The number of carbonyl (C=O) groups is 1. The van der Waals surface area contributed by atoms with Crippen molar-refractivity contribution in [1.29, 1.82) is 0 Å². The second kappa shape index (κ2) is 7.09. The van der Waals surface area contributed by atoms with Crippen molar-refractivity contribution in [1.82, 2.24) is 9.47 Å². The number of carbonyl (C=O) groups excluding carboxylic acids is 1. The molecular weight excluding hydrogens is 291 g/mol. The smallest absolute Gasteiger partial charge is 0.256 e. The molecule has 0 unspecified atom stereocenters. The highest BCUT2D eigenvalue weighted by Crippen LogP contribution is 2.22. The Bertz CT molecular complexity index is 719. The first-order chi connectivity index (χ1) is 11.0. The van der Waals surface area contributed by atoms with Crippen LogP contribution in [0.25, 0.3) is 5.69 Å². The summed E-state index contributed by atoms with van der Waals surface area (Å²) < 4.78 is 15.1. The van der Waals surface area contributed by atoms with Gasteiger partial charge in [0.1, 0.15) is 5.82 Å². The van der Waals surface area contributed by atoms with E-state index in [0.717, 1.165) is 17.1 Å². The third-order valence-corrected chi connectivity index (χ3v) is 3.73. The molecule has 2 aromatic rings. The van der Waals surface area contributed by atoms with Crippen LogP contribution in [0.5, 0.6) is 0 Å². The number of amides is 1. The van der Waals surface area contributed by atoms with Gasteiger partial charge in [-0.2, -0.15) is 0 Å². The van der Waals surface area contributed by atoms with Crippen molar-refractivity contribution in [2.45, 2.75) is 13.8 Å². The van der Waals surface area contributed by atoms with Gasteiger partial charge in [0.15, 0.2) is 0 Å². The molecule has 0 saturated carbocycles. The number of benzene rings is 1. The van der Waals surface area contributed by atoms with E-state index in [1.165, 1.54) is 12.1 Å². The molecule has 0 aliphatic carbocycles. The van der Waals surface area contributed by atoms with Crippen LogP contribution >= 0.6 is 0 Å². The van der Waals surface area contributed by atoms with Crippen LogP contribution < -0.4 is 0 Å². The minimum absolute atomic E-state index is 0.0636. The van der Waals surface area contributed by atoms with E-state index in [-0.39, 0.29) is 11.7 Å². The Hall–Kier alpha value is -2.62. The summed E-state index contributed by atoms with van der Waals surface area (Å²) in [6.07, 6.45) is 3.39. The van der Waals surface area contributed by atoms with Crippen molar-refractivity contribution >= 4 is 5.91 Å². The second-order valence-corrected chi connectivity index (χ2v) is 5.38. The number of aryl methyl sites for hydroxylation is 1. The zero-order valence-electron chi connectivity index (χ0n) is 13.6. The van der Waals surface area contributed by atoms with Crippen LogP contribution in [0.4, 0.5) is 4.39 Å². The van der Waals surface area contributed by atoms with Crippen LogP contribution in [0.2, 0.25) is 0 Å². The lowest BCUT2D eigenvalue weighted by Gasteiger charge is -2.19. The molecule has 0 saturated heterocycles. The molecule has 0 aliphatic heterocycles. The molecular formula is C19H21FN2O. The van der Waals surface area contributed by atoms with Crippen molar-refractivity contribution in [2.24, 2.45) is 0 Å². The summed E-state index contributed by atoms with van der Waals surface area (Å²) in [6, 6.07) is 8.10. The van der Waals surface area contributed by atoms with Crippen LogP contribution in [0.1, 0.15) is 21.7 Å². The van der Waals surface area contributed by atoms with E-state index in [0.29, 0.717) is 18.7 Å². The topological polar surface area (TPSA) is 25.2 Å². The molecule has 4 heteroatoms. The van der Waals surface area contributed by atoms with Gasteiger partial charge in [0.05, 0.1) is 5.56 Å². The lowest BCUT2D eigenvalue weighted by atomic mass is 10.2. The lowest BCUT2D eigenvalue weighted by Crippen LogP contribution is -2.31. The molecule has 23 heavy (non-hydrogen) atoms. The van der Waals surface area contributed by atoms with Gasteiger partial charge in [-0.25, -0.2) is 4.39 Å². The predicted octanol–water partition coefficient (Wildman–Crippen LogP) is 4.05. The Kier molecular flexibility index (Phi) is 5.16. The number of hydrogen-bond donors (Lipinski definition) is 0. The second-order valence-electron chi connectivity index (χ2n) is 5.38. The zero-order valence-corrected chi connectivity index (χ0v) is 13.6. The maximum Gasteiger partial charge on any atom is 0.256 e. The largest absolute Gasteiger partial charge is 0.331 e. The fourth-order valence-corrected chi connectivity index (χ4v) is 2.69. The molecule has 0 aliphatic rings. The Morgan fingerprint density at radius 1 is 1.17 bits per heavy atom. The van der Waals surface area contributed by atoms with Crippen LogP contribution in [0, 0.1) is 19.7 Å². The minimum Gasteiger partial charge on any atom is -0.331 e. The van der Waals surface area contributed by atoms with Gasteiger partial charge in [-0.1, -0.05) is 12.2 Å². The first-order valence-electron chi connectivity index (χ1n) is 7.45. The summed E-state index contributed by atoms with van der Waals surface area (Å²) in [5.74, 6) is -0.345. The Balaban J connectivity index is 2.43. The highest BCUT2D eigenvalue weighted by Gasteiger charge is 2.20. The molecule has 0 fully saturated rings. The van der Waals surface area contributed by atoms with E-state index >= 15 is 0 Å². The van der Waals surface area contributed by atoms with Gasteiger partial charge in [0.2, 0.25) is 0 Å². The van der Waals surface area contributed by atoms with Crippen molar-refractivity contribution in [3.63, 3.8) is 0 Å². The summed E-state index contributed by atoms with van der Waals surface area (Å²) >= 11 is 0. The number of halogens is 1. The average molecular weight is 312 g/mol. The van der Waals surface area contributed by atoms with Gasteiger partial charge in [-0.3, -0.25) is 4.79 Å². The summed E-state index contributed by atoms with van der Waals surface area (Å²) in [5, 5.41) is 0. The fraction of sp³-hybridized carbons (Fsp3) is 0.211. The van der Waals surface area contributed by atoms with Crippen LogP contribution in [0.15, 0.2) is 55.6 Å². The third-order valence-electron chi connectivity index (χ3n) is 3.73. The van der Waals surface area contributed by atoms with Crippen LogP contribution in [-0.2, 0) is 0 Å². The maximum atomic E-state index is 13.1. The molecule has 0 atom stereocenters. The summed E-state index contributed by atoms with van der Waals surface area (Å²) in [7, 11) is 0. The Labute approximate surface area is 136 Å². The SMILES string of the molecule is C=CCN(CC=C)C(=O)c1cc(C)n(-c2ccc(F)cc2)c1C. The summed E-state index contributed by atoms with van der Waals surface area (Å²) in [4.78, 5) is 14.4. The molecule has 1 aromatic heterocycles. The molecule has 2 rings (SSSR count). The van der Waals surface area contributed by atoms with Gasteiger partial charge in [-0.15, -0.1) is 13.2 Å². The molecule has 1 heterocycles. The van der Waals surface area contributed by atoms with Gasteiger partial charge < -0.3 is 9.47 Å². The van der Waals surface area contributed by atoms with Crippen molar-refractivity contribution in [3.05, 3.63) is 78.4 Å². The average Bonchev–Trinajstić information content (AvgIpc) is 2.82. The standard InChI is InChI=1S/C19H21FN2O/c1-5-11-21(12-6-2)19(23)18-13-14(3)22(15(18)4)17-9-7-16(20)8-10-17/h5-10,13H,1-2,11-12H2,3-4H3. The molecule has 3 nitrogen and oxygen atoms in total. The van der Waals surface area contributed by atoms with E-state index in [9.17, 15) is 9.18 Å². The lowest BCUT2D eigenvalue weighted by molar-refractivity contribution is 0.0790. The number of aromatic nitrogens is 1. The Morgan fingerprint density at radius 2 is 1.74 bits per heavy atom. The number of rotatable bonds is 6. The molecule has 0 bridgehead atoms. The van der Waals surface area contributed by atoms with E-state index in [2.05, 4.69) is 13.2 Å². The van der Waals surface area contributed by atoms with Crippen molar-refractivity contribution in [3.8, 4) is 5.69 Å². The summed E-state index contributed by atoms with van der Waals surface area (Å²) in [6.45, 7) is 12.1. The van der Waals surface area contributed by atoms with E-state index in [1.807, 2.05) is 24.5 Å². The number of hydrogen-bond acceptors (Lipinski definition) is 1. The van der Waals surface area contributed by atoms with Gasteiger partial charge in [0.25, 0.3) is 5.91 Å². The van der Waals surface area contributed by atoms with E-state index < -0.39 is 0 Å². The van der Waals surface area contributed by atoms with Crippen LogP contribution in [0.3, 0.4) is 0 Å². The first-order valence-corrected chi connectivity index (χ1v) is 7.45.